The Balaban J connectivity index is 1.95. The second-order valence-electron chi connectivity index (χ2n) is 6.71. The molecule has 1 saturated carbocycles. The number of aromatic nitrogens is 2. The molecule has 8 nitrogen and oxygen atoms in total. The zero-order valence-corrected chi connectivity index (χ0v) is 15.9. The number of hydrogen-bond donors (Lipinski definition) is 4. The molecule has 3 rings (SSSR count). The summed E-state index contributed by atoms with van der Waals surface area (Å²) in [6, 6.07) is 0.572. The van der Waals surface area contributed by atoms with Crippen molar-refractivity contribution in [3.05, 3.63) is 10.9 Å². The van der Waals surface area contributed by atoms with Gasteiger partial charge in [0.2, 0.25) is 5.95 Å². The molecule has 2 aromatic heterocycles. The van der Waals surface area contributed by atoms with Crippen LogP contribution in [-0.2, 0) is 6.42 Å². The molecule has 1 amide bonds. The molecule has 28 heavy (non-hydrogen) atoms. The molecule has 0 saturated heterocycles. The molecule has 0 spiro atoms. The summed E-state index contributed by atoms with van der Waals surface area (Å²) in [5, 5.41) is 24.9. The molecule has 1 aliphatic rings. The number of aliphatic hydroxyl groups excluding tert-OH is 1. The van der Waals surface area contributed by atoms with E-state index in [-0.39, 0.29) is 17.2 Å². The monoisotopic (exact) mass is 419 g/mol. The molecule has 0 aromatic carbocycles. The molecular formula is C16H20F3N5O3S. The fourth-order valence-electron chi connectivity index (χ4n) is 3.48. The lowest BCUT2D eigenvalue weighted by atomic mass is 10.1. The maximum atomic E-state index is 12.8. The Bertz CT molecular complexity index is 875. The summed E-state index contributed by atoms with van der Waals surface area (Å²) in [5.74, 6) is 0.640. The molecule has 2 aromatic rings. The number of amides is 1. The number of thiophene rings is 1. The fraction of sp³-hybridized carbons (Fsp3) is 0.562. The molecule has 3 atom stereocenters. The first-order valence-electron chi connectivity index (χ1n) is 8.52. The minimum atomic E-state index is -4.33. The Kier molecular flexibility index (Phi) is 5.53. The zero-order valence-electron chi connectivity index (χ0n) is 15.1. The third-order valence-electron chi connectivity index (χ3n) is 4.68. The maximum Gasteiger partial charge on any atom is 0.404 e. The second kappa shape index (κ2) is 7.59. The van der Waals surface area contributed by atoms with Crippen molar-refractivity contribution in [2.24, 2.45) is 0 Å². The Morgan fingerprint density at radius 1 is 1.39 bits per heavy atom. The Hall–Kier alpha value is -2.34. The number of rotatable bonds is 5. The zero-order chi connectivity index (χ0) is 20.6. The van der Waals surface area contributed by atoms with Crippen LogP contribution in [0.2, 0.25) is 0 Å². The summed E-state index contributed by atoms with van der Waals surface area (Å²) in [5.41, 5.74) is 0. The number of fused-ring (bicyclic) bond motifs is 1. The number of nitrogens with zero attached hydrogens (tertiary/aromatic N) is 3. The first-order chi connectivity index (χ1) is 13.1. The van der Waals surface area contributed by atoms with Gasteiger partial charge >= 0.3 is 12.3 Å². The summed E-state index contributed by atoms with van der Waals surface area (Å²) in [6.07, 6.45) is -6.76. The van der Waals surface area contributed by atoms with Crippen LogP contribution in [0.1, 0.15) is 17.7 Å². The van der Waals surface area contributed by atoms with E-state index in [1.165, 1.54) is 6.07 Å². The van der Waals surface area contributed by atoms with E-state index in [9.17, 15) is 23.1 Å². The molecule has 0 aliphatic heterocycles. The summed E-state index contributed by atoms with van der Waals surface area (Å²) in [6.45, 7) is 0. The highest BCUT2D eigenvalue weighted by molar-refractivity contribution is 7.18. The first kappa shape index (κ1) is 20.4. The molecule has 154 valence electrons. The average molecular weight is 419 g/mol. The van der Waals surface area contributed by atoms with Gasteiger partial charge in [-0.3, -0.25) is 0 Å². The van der Waals surface area contributed by atoms with Gasteiger partial charge in [0, 0.05) is 25.0 Å². The van der Waals surface area contributed by atoms with Crippen molar-refractivity contribution < 1.29 is 28.2 Å². The predicted molar refractivity (Wildman–Crippen MR) is 99.1 cm³/mol. The van der Waals surface area contributed by atoms with E-state index in [0.717, 1.165) is 11.3 Å². The molecule has 1 aliphatic carbocycles. The molecular weight excluding hydrogens is 399 g/mol. The maximum absolute atomic E-state index is 12.8. The summed E-state index contributed by atoms with van der Waals surface area (Å²) >= 11 is 0.947. The van der Waals surface area contributed by atoms with Crippen LogP contribution >= 0.6 is 11.3 Å². The molecule has 4 N–H and O–H groups in total. The van der Waals surface area contributed by atoms with Crippen LogP contribution in [0, 0.1) is 0 Å². The normalized spacial score (nSPS) is 22.4. The second-order valence-corrected chi connectivity index (χ2v) is 7.82. The molecule has 1 fully saturated rings. The lowest BCUT2D eigenvalue weighted by Gasteiger charge is -2.28. The van der Waals surface area contributed by atoms with Crippen molar-refractivity contribution in [1.29, 1.82) is 0 Å². The van der Waals surface area contributed by atoms with E-state index < -0.39 is 36.9 Å². The van der Waals surface area contributed by atoms with Crippen LogP contribution in [0.3, 0.4) is 0 Å². The SMILES string of the molecule is CNc1nc(N(C)[C@H]2C[C@@H](NC(=O)O)C[C@H]2O)c2cc(CC(F)(F)F)sc2n1. The Morgan fingerprint density at radius 2 is 2.11 bits per heavy atom. The Morgan fingerprint density at radius 3 is 2.71 bits per heavy atom. The lowest BCUT2D eigenvalue weighted by molar-refractivity contribution is -0.126. The first-order valence-corrected chi connectivity index (χ1v) is 9.34. The highest BCUT2D eigenvalue weighted by Gasteiger charge is 2.38. The van der Waals surface area contributed by atoms with Crippen molar-refractivity contribution in [1.82, 2.24) is 15.3 Å². The molecule has 2 heterocycles. The van der Waals surface area contributed by atoms with Crippen LogP contribution in [0.4, 0.5) is 29.7 Å². The van der Waals surface area contributed by atoms with Crippen LogP contribution in [0.15, 0.2) is 6.07 Å². The average Bonchev–Trinajstić information content (AvgIpc) is 3.13. The minimum Gasteiger partial charge on any atom is -0.465 e. The van der Waals surface area contributed by atoms with E-state index in [0.29, 0.717) is 22.5 Å². The van der Waals surface area contributed by atoms with Gasteiger partial charge in [0.05, 0.1) is 24.0 Å². The Labute approximate surface area is 162 Å². The van der Waals surface area contributed by atoms with E-state index >= 15 is 0 Å². The van der Waals surface area contributed by atoms with Gasteiger partial charge in [0.25, 0.3) is 0 Å². The van der Waals surface area contributed by atoms with Crippen LogP contribution in [-0.4, -0.2) is 64.7 Å². The molecule has 0 bridgehead atoms. The third-order valence-corrected chi connectivity index (χ3v) is 5.71. The number of halogens is 3. The van der Waals surface area contributed by atoms with E-state index in [1.807, 2.05) is 0 Å². The quantitative estimate of drug-likeness (QED) is 0.589. The summed E-state index contributed by atoms with van der Waals surface area (Å²) in [4.78, 5) is 21.7. The van der Waals surface area contributed by atoms with Crippen LogP contribution in [0.5, 0.6) is 0 Å². The minimum absolute atomic E-state index is 0.122. The molecule has 0 radical (unpaired) electrons. The number of carboxylic acid groups (broad SMARTS) is 1. The van der Waals surface area contributed by atoms with Crippen molar-refractivity contribution in [2.45, 2.75) is 43.6 Å². The highest BCUT2D eigenvalue weighted by Crippen LogP contribution is 2.37. The van der Waals surface area contributed by atoms with Gasteiger partial charge in [-0.05, 0) is 18.9 Å². The topological polar surface area (TPSA) is 111 Å². The number of likely N-dealkylation sites (N-methyl/N-ethyl adjacent to an activating group) is 1. The number of aliphatic hydroxyl groups is 1. The van der Waals surface area contributed by atoms with Crippen LogP contribution < -0.4 is 15.5 Å². The molecule has 12 heteroatoms. The van der Waals surface area contributed by atoms with E-state index in [4.69, 9.17) is 5.11 Å². The summed E-state index contributed by atoms with van der Waals surface area (Å²) < 4.78 is 38.3. The van der Waals surface area contributed by atoms with Crippen molar-refractivity contribution >= 4 is 39.4 Å². The summed E-state index contributed by atoms with van der Waals surface area (Å²) in [7, 11) is 3.28. The smallest absolute Gasteiger partial charge is 0.404 e. The van der Waals surface area contributed by atoms with Gasteiger partial charge in [-0.1, -0.05) is 0 Å². The van der Waals surface area contributed by atoms with Gasteiger partial charge in [-0.2, -0.15) is 18.2 Å². The predicted octanol–water partition coefficient (Wildman–Crippen LogP) is 2.43. The third kappa shape index (κ3) is 4.38. The number of alkyl halides is 3. The highest BCUT2D eigenvalue weighted by atomic mass is 32.1. The van der Waals surface area contributed by atoms with E-state index in [1.54, 1.807) is 19.0 Å². The number of anilines is 2. The largest absolute Gasteiger partial charge is 0.465 e. The van der Waals surface area contributed by atoms with E-state index in [2.05, 4.69) is 20.6 Å². The van der Waals surface area contributed by atoms with Gasteiger partial charge in [0.1, 0.15) is 10.6 Å². The number of carbonyl (C=O) groups is 1. The van der Waals surface area contributed by atoms with Crippen molar-refractivity contribution in [3.63, 3.8) is 0 Å². The van der Waals surface area contributed by atoms with Gasteiger partial charge < -0.3 is 25.7 Å². The van der Waals surface area contributed by atoms with Crippen LogP contribution in [0.25, 0.3) is 10.2 Å². The van der Waals surface area contributed by atoms with Gasteiger partial charge in [-0.15, -0.1) is 11.3 Å². The van der Waals surface area contributed by atoms with Gasteiger partial charge in [-0.25, -0.2) is 9.78 Å². The van der Waals surface area contributed by atoms with Crippen molar-refractivity contribution in [3.8, 4) is 0 Å². The van der Waals surface area contributed by atoms with Gasteiger partial charge in [0.15, 0.2) is 0 Å². The van der Waals surface area contributed by atoms with Crippen molar-refractivity contribution in [2.75, 3.05) is 24.3 Å². The fourth-order valence-corrected chi connectivity index (χ4v) is 4.53. The lowest BCUT2D eigenvalue weighted by Crippen LogP contribution is -2.39. The standard InChI is InChI=1S/C16H20F3N5O3S/c1-20-14-22-12(9-5-8(6-16(17,18)19)28-13(9)23-14)24(2)10-3-7(4-11(10)25)21-15(26)27/h5,7,10-11,21,25H,3-4,6H2,1-2H3,(H,26,27)(H,20,22,23)/t7-,10+,11-/m1/s1. The molecule has 0 unspecified atom stereocenters. The number of hydrogen-bond acceptors (Lipinski definition) is 7. The number of nitrogens with one attached hydrogen (secondary N) is 2.